The van der Waals surface area contributed by atoms with E-state index in [4.69, 9.17) is 4.52 Å². The maximum atomic E-state index is 11.8. The van der Waals surface area contributed by atoms with Gasteiger partial charge in [0.1, 0.15) is 5.76 Å². The van der Waals surface area contributed by atoms with Crippen molar-refractivity contribution in [2.24, 2.45) is 0 Å². The third-order valence-electron chi connectivity index (χ3n) is 2.50. The number of rotatable bonds is 7. The van der Waals surface area contributed by atoms with Gasteiger partial charge in [-0.3, -0.25) is 9.52 Å². The number of sulfonamides is 1. The molecule has 0 fully saturated rings. The standard InChI is InChI=1S/C12H15N3O4S2/c1-9-7-11(14-19-9)15-21(17,18)6-4-13-12(16)8-10-3-2-5-20-10/h2-3,5,7H,4,6,8H2,1H3,(H,13,16)(H,14,15). The molecule has 2 rings (SSSR count). The Hall–Kier alpha value is -1.87. The second-order valence-electron chi connectivity index (χ2n) is 4.35. The van der Waals surface area contributed by atoms with E-state index in [0.29, 0.717) is 5.76 Å². The Morgan fingerprint density at radius 3 is 2.90 bits per heavy atom. The molecule has 0 aliphatic carbocycles. The van der Waals surface area contributed by atoms with Gasteiger partial charge < -0.3 is 9.84 Å². The average Bonchev–Trinajstić information content (AvgIpc) is 3.00. The quantitative estimate of drug-likeness (QED) is 0.793. The van der Waals surface area contributed by atoms with E-state index < -0.39 is 10.0 Å². The van der Waals surface area contributed by atoms with E-state index >= 15 is 0 Å². The number of carbonyl (C=O) groups excluding carboxylic acids is 1. The first kappa shape index (κ1) is 15.5. The normalized spacial score (nSPS) is 11.3. The zero-order valence-corrected chi connectivity index (χ0v) is 13.0. The van der Waals surface area contributed by atoms with Crippen LogP contribution in [0.25, 0.3) is 0 Å². The molecule has 0 saturated carbocycles. The largest absolute Gasteiger partial charge is 0.360 e. The number of aryl methyl sites for hydroxylation is 1. The summed E-state index contributed by atoms with van der Waals surface area (Å²) in [5.41, 5.74) is 0. The molecule has 0 radical (unpaired) electrons. The summed E-state index contributed by atoms with van der Waals surface area (Å²) < 4.78 is 30.6. The molecule has 1 amide bonds. The number of thiophene rings is 1. The van der Waals surface area contributed by atoms with Gasteiger partial charge in [0.25, 0.3) is 0 Å². The predicted molar refractivity (Wildman–Crippen MR) is 79.7 cm³/mol. The fourth-order valence-electron chi connectivity index (χ4n) is 1.58. The number of hydrogen-bond acceptors (Lipinski definition) is 6. The van der Waals surface area contributed by atoms with E-state index in [0.717, 1.165) is 4.88 Å². The number of aromatic nitrogens is 1. The lowest BCUT2D eigenvalue weighted by molar-refractivity contribution is -0.120. The molecule has 2 aromatic rings. The molecule has 21 heavy (non-hydrogen) atoms. The summed E-state index contributed by atoms with van der Waals surface area (Å²) in [6.07, 6.45) is 0.258. The Balaban J connectivity index is 1.75. The van der Waals surface area contributed by atoms with Gasteiger partial charge in [0.15, 0.2) is 5.82 Å². The van der Waals surface area contributed by atoms with Crippen molar-refractivity contribution in [1.29, 1.82) is 0 Å². The molecule has 0 unspecified atom stereocenters. The molecule has 0 atom stereocenters. The van der Waals surface area contributed by atoms with Gasteiger partial charge in [0.05, 0.1) is 12.2 Å². The number of amides is 1. The molecular weight excluding hydrogens is 314 g/mol. The Bertz CT molecular complexity index is 692. The van der Waals surface area contributed by atoms with Crippen LogP contribution in [0.3, 0.4) is 0 Å². The van der Waals surface area contributed by atoms with Crippen molar-refractivity contribution in [3.8, 4) is 0 Å². The number of carbonyl (C=O) groups is 1. The minimum absolute atomic E-state index is 0.0381. The average molecular weight is 329 g/mol. The van der Waals surface area contributed by atoms with Crippen molar-refractivity contribution < 1.29 is 17.7 Å². The minimum Gasteiger partial charge on any atom is -0.360 e. The molecule has 0 aromatic carbocycles. The van der Waals surface area contributed by atoms with Crippen LogP contribution in [0.4, 0.5) is 5.82 Å². The molecule has 7 nitrogen and oxygen atoms in total. The van der Waals surface area contributed by atoms with Crippen molar-refractivity contribution in [1.82, 2.24) is 10.5 Å². The highest BCUT2D eigenvalue weighted by Gasteiger charge is 2.13. The van der Waals surface area contributed by atoms with Gasteiger partial charge in [0, 0.05) is 17.5 Å². The number of nitrogens with one attached hydrogen (secondary N) is 2. The fourth-order valence-corrected chi connectivity index (χ4v) is 3.17. The third-order valence-corrected chi connectivity index (χ3v) is 4.63. The lowest BCUT2D eigenvalue weighted by atomic mass is 10.3. The summed E-state index contributed by atoms with van der Waals surface area (Å²) in [6, 6.07) is 5.20. The minimum atomic E-state index is -3.56. The van der Waals surface area contributed by atoms with Gasteiger partial charge in [-0.25, -0.2) is 8.42 Å². The molecule has 9 heteroatoms. The smallest absolute Gasteiger partial charge is 0.235 e. The molecule has 0 aliphatic rings. The van der Waals surface area contributed by atoms with Gasteiger partial charge in [-0.05, 0) is 18.4 Å². The Morgan fingerprint density at radius 2 is 2.29 bits per heavy atom. The van der Waals surface area contributed by atoms with Crippen molar-refractivity contribution in [3.63, 3.8) is 0 Å². The van der Waals surface area contributed by atoms with E-state index in [1.54, 1.807) is 6.92 Å². The van der Waals surface area contributed by atoms with Gasteiger partial charge in [-0.1, -0.05) is 11.2 Å². The highest BCUT2D eigenvalue weighted by atomic mass is 32.2. The summed E-state index contributed by atoms with van der Waals surface area (Å²) in [7, 11) is -3.56. The molecule has 114 valence electrons. The first-order valence-corrected chi connectivity index (χ1v) is 8.71. The van der Waals surface area contributed by atoms with Crippen LogP contribution in [0, 0.1) is 6.92 Å². The van der Waals surface area contributed by atoms with Crippen LogP contribution in [0.2, 0.25) is 0 Å². The van der Waals surface area contributed by atoms with Crippen LogP contribution in [-0.4, -0.2) is 31.8 Å². The Labute approximate surface area is 126 Å². The van der Waals surface area contributed by atoms with Crippen molar-refractivity contribution in [2.45, 2.75) is 13.3 Å². The molecular formula is C12H15N3O4S2. The van der Waals surface area contributed by atoms with Crippen LogP contribution in [0.15, 0.2) is 28.1 Å². The Morgan fingerprint density at radius 1 is 1.48 bits per heavy atom. The first-order chi connectivity index (χ1) is 9.94. The monoisotopic (exact) mass is 329 g/mol. The topological polar surface area (TPSA) is 101 Å². The maximum Gasteiger partial charge on any atom is 0.235 e. The first-order valence-electron chi connectivity index (χ1n) is 6.17. The molecule has 2 aromatic heterocycles. The molecule has 0 bridgehead atoms. The van der Waals surface area contributed by atoms with Crippen LogP contribution in [-0.2, 0) is 21.2 Å². The van der Waals surface area contributed by atoms with E-state index in [-0.39, 0.29) is 30.4 Å². The van der Waals surface area contributed by atoms with Gasteiger partial charge in [-0.15, -0.1) is 11.3 Å². The highest BCUT2D eigenvalue weighted by molar-refractivity contribution is 7.92. The summed E-state index contributed by atoms with van der Waals surface area (Å²) in [4.78, 5) is 12.5. The molecule has 2 N–H and O–H groups in total. The number of nitrogens with zero attached hydrogens (tertiary/aromatic N) is 1. The van der Waals surface area contributed by atoms with Gasteiger partial charge >= 0.3 is 0 Å². The summed E-state index contributed by atoms with van der Waals surface area (Å²) in [5, 5.41) is 8.00. The van der Waals surface area contributed by atoms with E-state index in [2.05, 4.69) is 15.2 Å². The molecule has 0 spiro atoms. The second kappa shape index (κ2) is 6.72. The molecule has 2 heterocycles. The molecule has 0 saturated heterocycles. The molecule has 0 aliphatic heterocycles. The maximum absolute atomic E-state index is 11.8. The van der Waals surface area contributed by atoms with E-state index in [1.807, 2.05) is 17.5 Å². The summed E-state index contributed by atoms with van der Waals surface area (Å²) >= 11 is 1.48. The predicted octanol–water partition coefficient (Wildman–Crippen LogP) is 1.15. The van der Waals surface area contributed by atoms with Crippen LogP contribution in [0.5, 0.6) is 0 Å². The number of anilines is 1. The van der Waals surface area contributed by atoms with Crippen LogP contribution >= 0.6 is 11.3 Å². The van der Waals surface area contributed by atoms with Gasteiger partial charge in [0.2, 0.25) is 15.9 Å². The summed E-state index contributed by atoms with van der Waals surface area (Å²) in [5.74, 6) is 0.217. The van der Waals surface area contributed by atoms with Crippen molar-refractivity contribution >= 4 is 33.1 Å². The lowest BCUT2D eigenvalue weighted by Crippen LogP contribution is -2.32. The van der Waals surface area contributed by atoms with Crippen LogP contribution in [0.1, 0.15) is 10.6 Å². The zero-order chi connectivity index (χ0) is 15.3. The Kier molecular flexibility index (Phi) is 4.97. The summed E-state index contributed by atoms with van der Waals surface area (Å²) in [6.45, 7) is 1.70. The zero-order valence-electron chi connectivity index (χ0n) is 11.3. The van der Waals surface area contributed by atoms with Crippen molar-refractivity contribution in [3.05, 3.63) is 34.2 Å². The second-order valence-corrected chi connectivity index (χ2v) is 7.22. The fraction of sp³-hybridized carbons (Fsp3) is 0.333. The number of hydrogen-bond donors (Lipinski definition) is 2. The van der Waals surface area contributed by atoms with E-state index in [9.17, 15) is 13.2 Å². The van der Waals surface area contributed by atoms with Crippen molar-refractivity contribution in [2.75, 3.05) is 17.0 Å². The third kappa shape index (κ3) is 5.20. The highest BCUT2D eigenvalue weighted by Crippen LogP contribution is 2.10. The van der Waals surface area contributed by atoms with E-state index in [1.165, 1.54) is 17.4 Å². The lowest BCUT2D eigenvalue weighted by Gasteiger charge is -2.06. The SMILES string of the molecule is Cc1cc(NS(=O)(=O)CCNC(=O)Cc2cccs2)no1. The van der Waals surface area contributed by atoms with Gasteiger partial charge in [-0.2, -0.15) is 0 Å². The van der Waals surface area contributed by atoms with Crippen LogP contribution < -0.4 is 10.0 Å².